The van der Waals surface area contributed by atoms with Crippen LogP contribution in [0.25, 0.3) is 10.9 Å². The van der Waals surface area contributed by atoms with Crippen LogP contribution in [0.2, 0.25) is 5.02 Å². The third kappa shape index (κ3) is 7.17. The molecule has 5 amide bonds. The van der Waals surface area contributed by atoms with Crippen molar-refractivity contribution in [2.45, 2.75) is 31.8 Å². The van der Waals surface area contributed by atoms with Gasteiger partial charge in [0.2, 0.25) is 17.8 Å². The van der Waals surface area contributed by atoms with Crippen LogP contribution in [-0.4, -0.2) is 89.4 Å². The molecule has 1 fully saturated rings. The van der Waals surface area contributed by atoms with Crippen LogP contribution in [0.5, 0.6) is 11.5 Å². The molecule has 2 aromatic heterocycles. The molecule has 4 aromatic rings. The molecule has 1 unspecified atom stereocenters. The first kappa shape index (κ1) is 34.8. The van der Waals surface area contributed by atoms with Crippen LogP contribution >= 0.6 is 11.6 Å². The number of pyridine rings is 1. The highest BCUT2D eigenvalue weighted by Gasteiger charge is 2.44. The average Bonchev–Trinajstić information content (AvgIpc) is 3.35. The zero-order chi connectivity index (χ0) is 36.4. The van der Waals surface area contributed by atoms with E-state index in [2.05, 4.69) is 25.9 Å². The van der Waals surface area contributed by atoms with Gasteiger partial charge >= 0.3 is 0 Å². The average molecular weight is 717 g/mol. The lowest BCUT2D eigenvalue weighted by molar-refractivity contribution is -0.136. The lowest BCUT2D eigenvalue weighted by atomic mass is 10.0. The summed E-state index contributed by atoms with van der Waals surface area (Å²) in [4.78, 5) is 86.9. The maximum Gasteiger partial charge on any atom is 0.293 e. The van der Waals surface area contributed by atoms with E-state index in [9.17, 15) is 28.8 Å². The Morgan fingerprint density at radius 3 is 2.57 bits per heavy atom. The number of aromatic nitrogens is 3. The standard InChI is InChI=1S/C34H33ClN8O8/c1-36-28(45)17-51-26-14-18-13-19(38-29-23(35)16-37-34(40-29)41(2)3)5-8-24(18)42(33(26)49)11-4-12-50-20-6-7-21-22(15-20)32(48)43(31(21)47)25-9-10-27(44)39-30(25)46/h5-8,13-16,25H,4,9-12,17H2,1-3H3,(H,36,45)(H,37,38,40)(H,39,44,46). The SMILES string of the molecule is CNC(=O)COc1cc2cc(Nc3nc(N(C)C)ncc3Cl)ccc2n(CCCOc2ccc3c(c2)C(=O)N(C2CCC(=O)NC2=O)C3=O)c1=O. The number of halogens is 1. The van der Waals surface area contributed by atoms with E-state index in [0.29, 0.717) is 45.5 Å². The summed E-state index contributed by atoms with van der Waals surface area (Å²) >= 11 is 6.35. The van der Waals surface area contributed by atoms with Gasteiger partial charge in [-0.15, -0.1) is 0 Å². The molecule has 3 N–H and O–H groups in total. The van der Waals surface area contributed by atoms with Gasteiger partial charge in [-0.05, 0) is 55.3 Å². The quantitative estimate of drug-likeness (QED) is 0.143. The number of piperidine rings is 1. The predicted molar refractivity (Wildman–Crippen MR) is 186 cm³/mol. The first-order chi connectivity index (χ1) is 24.4. The normalized spacial score (nSPS) is 15.5. The molecule has 1 atom stereocenters. The second kappa shape index (κ2) is 14.4. The Hall–Kier alpha value is -6.03. The monoisotopic (exact) mass is 716 g/mol. The fourth-order valence-electron chi connectivity index (χ4n) is 5.73. The van der Waals surface area contributed by atoms with Crippen molar-refractivity contribution in [3.8, 4) is 11.5 Å². The molecule has 2 aliphatic heterocycles. The van der Waals surface area contributed by atoms with Gasteiger partial charge in [-0.3, -0.25) is 39.0 Å². The number of carbonyl (C=O) groups excluding carboxylic acids is 5. The Labute approximate surface area is 295 Å². The summed E-state index contributed by atoms with van der Waals surface area (Å²) in [5.41, 5.74) is 1.00. The smallest absolute Gasteiger partial charge is 0.293 e. The maximum absolute atomic E-state index is 13.6. The van der Waals surface area contributed by atoms with Crippen molar-refractivity contribution in [2.24, 2.45) is 0 Å². The number of carbonyl (C=O) groups is 5. The largest absolute Gasteiger partial charge is 0.494 e. The molecule has 264 valence electrons. The van der Waals surface area contributed by atoms with E-state index < -0.39 is 41.1 Å². The Morgan fingerprint density at radius 1 is 1.04 bits per heavy atom. The fourth-order valence-corrected chi connectivity index (χ4v) is 5.87. The van der Waals surface area contributed by atoms with E-state index in [-0.39, 0.29) is 49.5 Å². The van der Waals surface area contributed by atoms with Crippen LogP contribution in [0.3, 0.4) is 0 Å². The first-order valence-corrected chi connectivity index (χ1v) is 16.3. The fraction of sp³-hybridized carbons (Fsp3) is 0.294. The van der Waals surface area contributed by atoms with E-state index in [1.165, 1.54) is 29.9 Å². The van der Waals surface area contributed by atoms with Crippen LogP contribution in [0, 0.1) is 0 Å². The van der Waals surface area contributed by atoms with Gasteiger partial charge in [0.1, 0.15) is 16.8 Å². The van der Waals surface area contributed by atoms with Gasteiger partial charge in [-0.2, -0.15) is 4.98 Å². The number of fused-ring (bicyclic) bond motifs is 2. The number of hydrogen-bond donors (Lipinski definition) is 3. The molecule has 0 aliphatic carbocycles. The number of nitrogens with zero attached hydrogens (tertiary/aromatic N) is 5. The first-order valence-electron chi connectivity index (χ1n) is 15.9. The molecule has 2 aliphatic rings. The highest BCUT2D eigenvalue weighted by Crippen LogP contribution is 2.31. The van der Waals surface area contributed by atoms with Gasteiger partial charge < -0.3 is 29.6 Å². The van der Waals surface area contributed by atoms with Crippen molar-refractivity contribution >= 4 is 69.5 Å². The Bertz CT molecular complexity index is 2150. The van der Waals surface area contributed by atoms with Crippen LogP contribution < -0.4 is 35.9 Å². The minimum atomic E-state index is -1.07. The molecule has 4 heterocycles. The summed E-state index contributed by atoms with van der Waals surface area (Å²) in [6, 6.07) is 10.3. The molecule has 16 nitrogen and oxygen atoms in total. The number of amides is 5. The van der Waals surface area contributed by atoms with Crippen molar-refractivity contribution in [1.29, 1.82) is 0 Å². The zero-order valence-electron chi connectivity index (χ0n) is 27.8. The van der Waals surface area contributed by atoms with E-state index in [1.54, 1.807) is 35.2 Å². The van der Waals surface area contributed by atoms with E-state index in [4.69, 9.17) is 21.1 Å². The van der Waals surface area contributed by atoms with Crippen molar-refractivity contribution < 1.29 is 33.4 Å². The Kier molecular flexibility index (Phi) is 9.86. The van der Waals surface area contributed by atoms with Crippen LogP contribution in [0.1, 0.15) is 40.0 Å². The highest BCUT2D eigenvalue weighted by molar-refractivity contribution is 6.33. The number of benzene rings is 2. The summed E-state index contributed by atoms with van der Waals surface area (Å²) < 4.78 is 13.0. The van der Waals surface area contributed by atoms with Crippen molar-refractivity contribution in [3.05, 3.63) is 75.2 Å². The second-order valence-corrected chi connectivity index (χ2v) is 12.4. The summed E-state index contributed by atoms with van der Waals surface area (Å²) in [5.74, 6) is -1.67. The Balaban J connectivity index is 1.19. The minimum Gasteiger partial charge on any atom is -0.494 e. The van der Waals surface area contributed by atoms with Crippen LogP contribution in [-0.2, 0) is 20.9 Å². The molecule has 0 spiro atoms. The number of anilines is 3. The topological polar surface area (TPSA) is 194 Å². The number of aryl methyl sites for hydroxylation is 1. The summed E-state index contributed by atoms with van der Waals surface area (Å²) in [5, 5.41) is 8.77. The van der Waals surface area contributed by atoms with Gasteiger partial charge in [0.15, 0.2) is 18.2 Å². The number of rotatable bonds is 12. The Morgan fingerprint density at radius 2 is 1.82 bits per heavy atom. The van der Waals surface area contributed by atoms with Gasteiger partial charge in [-0.1, -0.05) is 11.6 Å². The van der Waals surface area contributed by atoms with Crippen LogP contribution in [0.4, 0.5) is 17.5 Å². The number of hydrogen-bond acceptors (Lipinski definition) is 12. The molecule has 51 heavy (non-hydrogen) atoms. The van der Waals surface area contributed by atoms with Crippen LogP contribution in [0.15, 0.2) is 53.5 Å². The molecule has 2 aromatic carbocycles. The number of imide groups is 2. The summed E-state index contributed by atoms with van der Waals surface area (Å²) in [6.45, 7) is -0.0212. The number of likely N-dealkylation sites (N-methyl/N-ethyl adjacent to an activating group) is 1. The van der Waals surface area contributed by atoms with Crippen molar-refractivity contribution in [3.63, 3.8) is 0 Å². The third-order valence-electron chi connectivity index (χ3n) is 8.30. The van der Waals surface area contributed by atoms with Gasteiger partial charge in [0.05, 0.1) is 29.4 Å². The molecule has 0 saturated carbocycles. The second-order valence-electron chi connectivity index (χ2n) is 11.9. The molecule has 0 radical (unpaired) electrons. The van der Waals surface area contributed by atoms with Crippen molar-refractivity contribution in [1.82, 2.24) is 30.1 Å². The van der Waals surface area contributed by atoms with Gasteiger partial charge in [0.25, 0.3) is 23.3 Å². The molecule has 17 heteroatoms. The maximum atomic E-state index is 13.6. The molecule has 6 rings (SSSR count). The molecule has 0 bridgehead atoms. The summed E-state index contributed by atoms with van der Waals surface area (Å²) in [6.07, 6.45) is 1.92. The molecular formula is C34H33ClN8O8. The predicted octanol–water partition coefficient (Wildman–Crippen LogP) is 2.25. The minimum absolute atomic E-state index is 0.0213. The number of ether oxygens (including phenoxy) is 2. The lowest BCUT2D eigenvalue weighted by Gasteiger charge is -2.27. The highest BCUT2D eigenvalue weighted by atomic mass is 35.5. The van der Waals surface area contributed by atoms with Gasteiger partial charge in [-0.25, -0.2) is 4.98 Å². The van der Waals surface area contributed by atoms with E-state index >= 15 is 0 Å². The van der Waals surface area contributed by atoms with E-state index in [1.807, 2.05) is 14.1 Å². The lowest BCUT2D eigenvalue weighted by Crippen LogP contribution is -2.54. The molecule has 1 saturated heterocycles. The third-order valence-corrected chi connectivity index (χ3v) is 8.58. The summed E-state index contributed by atoms with van der Waals surface area (Å²) in [7, 11) is 5.08. The van der Waals surface area contributed by atoms with Gasteiger partial charge in [0, 0.05) is 45.2 Å². The number of nitrogens with one attached hydrogen (secondary N) is 3. The molecular weight excluding hydrogens is 684 g/mol. The zero-order valence-corrected chi connectivity index (χ0v) is 28.6. The van der Waals surface area contributed by atoms with Crippen molar-refractivity contribution in [2.75, 3.05) is 44.6 Å². The van der Waals surface area contributed by atoms with E-state index in [0.717, 1.165) is 4.90 Å².